The molecule has 5 aromatic rings. The molecule has 0 aliphatic carbocycles. The first-order chi connectivity index (χ1) is 17.9. The predicted octanol–water partition coefficient (Wildman–Crippen LogP) is 5.88. The van der Waals surface area contributed by atoms with E-state index >= 15 is 0 Å². The standard InChI is InChI=1S/C28H25FN4O3S/c1-17-15-30-28(37-17)27(34)32-18(2)26(19-5-4-6-23(13-19)35-3)36-24-11-12-25-20(14-24)16-31-33(25)22-9-7-21(29)8-10-22/h4-16,18,26H,1-3H3,(H,32,34)/t18-,26-/m0/s1. The highest BCUT2D eigenvalue weighted by Gasteiger charge is 2.25. The number of amides is 1. The third-order valence-electron chi connectivity index (χ3n) is 5.92. The van der Waals surface area contributed by atoms with Crippen molar-refractivity contribution in [1.82, 2.24) is 20.1 Å². The van der Waals surface area contributed by atoms with E-state index in [4.69, 9.17) is 9.47 Å². The Morgan fingerprint density at radius 3 is 2.59 bits per heavy atom. The molecule has 0 spiro atoms. The van der Waals surface area contributed by atoms with Crippen LogP contribution in [0.4, 0.5) is 4.39 Å². The molecule has 2 heterocycles. The molecule has 0 saturated heterocycles. The van der Waals surface area contributed by atoms with E-state index in [0.29, 0.717) is 16.5 Å². The molecule has 2 atom stereocenters. The Kier molecular flexibility index (Phi) is 6.87. The molecule has 188 valence electrons. The third kappa shape index (κ3) is 5.31. The Labute approximate surface area is 217 Å². The number of hydrogen-bond donors (Lipinski definition) is 1. The summed E-state index contributed by atoms with van der Waals surface area (Å²) >= 11 is 1.34. The van der Waals surface area contributed by atoms with Crippen molar-refractivity contribution in [2.45, 2.75) is 26.0 Å². The van der Waals surface area contributed by atoms with Crippen LogP contribution in [0, 0.1) is 12.7 Å². The smallest absolute Gasteiger partial charge is 0.280 e. The fourth-order valence-corrected chi connectivity index (χ4v) is 4.77. The van der Waals surface area contributed by atoms with Crippen molar-refractivity contribution in [1.29, 1.82) is 0 Å². The lowest BCUT2D eigenvalue weighted by Crippen LogP contribution is -2.39. The maximum absolute atomic E-state index is 13.4. The zero-order valence-electron chi connectivity index (χ0n) is 20.5. The Bertz CT molecular complexity index is 1550. The van der Waals surface area contributed by atoms with Gasteiger partial charge in [-0.3, -0.25) is 4.79 Å². The van der Waals surface area contributed by atoms with E-state index < -0.39 is 6.10 Å². The summed E-state index contributed by atoms with van der Waals surface area (Å²) in [5, 5.41) is 8.76. The van der Waals surface area contributed by atoms with Crippen LogP contribution in [-0.4, -0.2) is 33.8 Å². The Morgan fingerprint density at radius 2 is 1.86 bits per heavy atom. The van der Waals surface area contributed by atoms with Gasteiger partial charge in [-0.2, -0.15) is 5.10 Å². The van der Waals surface area contributed by atoms with Crippen LogP contribution in [0.2, 0.25) is 0 Å². The van der Waals surface area contributed by atoms with E-state index in [1.54, 1.807) is 36.3 Å². The number of aromatic nitrogens is 3. The molecule has 5 rings (SSSR count). The van der Waals surface area contributed by atoms with Gasteiger partial charge in [0.1, 0.15) is 23.4 Å². The number of carbonyl (C=O) groups is 1. The number of nitrogens with one attached hydrogen (secondary N) is 1. The van der Waals surface area contributed by atoms with E-state index in [1.807, 2.05) is 56.3 Å². The summed E-state index contributed by atoms with van der Waals surface area (Å²) in [6.45, 7) is 3.81. The van der Waals surface area contributed by atoms with Crippen LogP contribution in [-0.2, 0) is 0 Å². The molecule has 0 saturated carbocycles. The minimum atomic E-state index is -0.510. The molecule has 0 aliphatic rings. The molecule has 1 N–H and O–H groups in total. The first-order valence-electron chi connectivity index (χ1n) is 11.7. The SMILES string of the molecule is COc1cccc([C@@H](Oc2ccc3c(cnn3-c3ccc(F)cc3)c2)[C@H](C)NC(=O)c2ncc(C)s2)c1. The van der Waals surface area contributed by atoms with Gasteiger partial charge < -0.3 is 14.8 Å². The zero-order valence-corrected chi connectivity index (χ0v) is 21.3. The highest BCUT2D eigenvalue weighted by molar-refractivity contribution is 7.13. The number of methoxy groups -OCH3 is 1. The fraction of sp³-hybridized carbons (Fsp3) is 0.179. The molecule has 0 fully saturated rings. The summed E-state index contributed by atoms with van der Waals surface area (Å²) in [6.07, 6.45) is 2.91. The van der Waals surface area contributed by atoms with Crippen LogP contribution < -0.4 is 14.8 Å². The van der Waals surface area contributed by atoms with Gasteiger partial charge in [-0.25, -0.2) is 14.1 Å². The maximum atomic E-state index is 13.4. The number of benzene rings is 3. The van der Waals surface area contributed by atoms with Gasteiger partial charge in [0.25, 0.3) is 5.91 Å². The number of halogens is 1. The van der Waals surface area contributed by atoms with Crippen molar-refractivity contribution in [3.8, 4) is 17.2 Å². The number of aryl methyl sites for hydroxylation is 1. The van der Waals surface area contributed by atoms with Crippen molar-refractivity contribution < 1.29 is 18.7 Å². The molecule has 2 aromatic heterocycles. The molecule has 9 heteroatoms. The van der Waals surface area contributed by atoms with Crippen LogP contribution in [0.5, 0.6) is 11.5 Å². The minimum Gasteiger partial charge on any atom is -0.497 e. The molecule has 3 aromatic carbocycles. The van der Waals surface area contributed by atoms with Gasteiger partial charge in [-0.05, 0) is 74.0 Å². The lowest BCUT2D eigenvalue weighted by molar-refractivity contribution is 0.0881. The second-order valence-electron chi connectivity index (χ2n) is 8.61. The Hall–Kier alpha value is -4.24. The molecular formula is C28H25FN4O3S. The quantitative estimate of drug-likeness (QED) is 0.279. The highest BCUT2D eigenvalue weighted by Crippen LogP contribution is 2.30. The summed E-state index contributed by atoms with van der Waals surface area (Å²) in [7, 11) is 1.61. The van der Waals surface area contributed by atoms with Gasteiger partial charge in [-0.1, -0.05) is 12.1 Å². The zero-order chi connectivity index (χ0) is 25.9. The summed E-state index contributed by atoms with van der Waals surface area (Å²) in [6, 6.07) is 19.0. The van der Waals surface area contributed by atoms with E-state index in [-0.39, 0.29) is 17.8 Å². The molecule has 7 nitrogen and oxygen atoms in total. The van der Waals surface area contributed by atoms with Gasteiger partial charge in [-0.15, -0.1) is 11.3 Å². The summed E-state index contributed by atoms with van der Waals surface area (Å²) in [5.41, 5.74) is 2.47. The van der Waals surface area contributed by atoms with Crippen LogP contribution in [0.15, 0.2) is 79.1 Å². The summed E-state index contributed by atoms with van der Waals surface area (Å²) in [5.74, 6) is 0.755. The largest absolute Gasteiger partial charge is 0.497 e. The van der Waals surface area contributed by atoms with Gasteiger partial charge in [0.15, 0.2) is 5.01 Å². The highest BCUT2D eigenvalue weighted by atomic mass is 32.1. The fourth-order valence-electron chi connectivity index (χ4n) is 4.10. The average Bonchev–Trinajstić information content (AvgIpc) is 3.54. The number of nitrogens with zero attached hydrogens (tertiary/aromatic N) is 3. The molecular weight excluding hydrogens is 491 g/mol. The molecule has 0 aliphatic heterocycles. The number of thiazole rings is 1. The molecule has 1 amide bonds. The van der Waals surface area contributed by atoms with E-state index in [2.05, 4.69) is 15.4 Å². The van der Waals surface area contributed by atoms with E-state index in [0.717, 1.165) is 27.0 Å². The van der Waals surface area contributed by atoms with Crippen molar-refractivity contribution in [3.63, 3.8) is 0 Å². The van der Waals surface area contributed by atoms with Gasteiger partial charge in [0, 0.05) is 16.5 Å². The Morgan fingerprint density at radius 1 is 1.05 bits per heavy atom. The number of hydrogen-bond acceptors (Lipinski definition) is 6. The van der Waals surface area contributed by atoms with E-state index in [1.165, 1.54) is 23.5 Å². The maximum Gasteiger partial charge on any atom is 0.280 e. The average molecular weight is 517 g/mol. The molecule has 0 bridgehead atoms. The Balaban J connectivity index is 1.44. The minimum absolute atomic E-state index is 0.252. The normalized spacial score (nSPS) is 12.8. The summed E-state index contributed by atoms with van der Waals surface area (Å²) in [4.78, 5) is 18.0. The van der Waals surface area contributed by atoms with Crippen molar-refractivity contribution in [2.24, 2.45) is 0 Å². The first kappa shape index (κ1) is 24.5. The predicted molar refractivity (Wildman–Crippen MR) is 141 cm³/mol. The van der Waals surface area contributed by atoms with Crippen molar-refractivity contribution in [3.05, 3.63) is 100 Å². The second kappa shape index (κ2) is 10.4. The lowest BCUT2D eigenvalue weighted by Gasteiger charge is -2.26. The van der Waals surface area contributed by atoms with Crippen LogP contribution in [0.1, 0.15) is 33.3 Å². The first-order valence-corrected chi connectivity index (χ1v) is 12.5. The monoisotopic (exact) mass is 516 g/mol. The van der Waals surface area contributed by atoms with Crippen LogP contribution in [0.25, 0.3) is 16.6 Å². The topological polar surface area (TPSA) is 78.3 Å². The molecule has 0 unspecified atom stereocenters. The number of ether oxygens (including phenoxy) is 2. The van der Waals surface area contributed by atoms with Crippen LogP contribution >= 0.6 is 11.3 Å². The van der Waals surface area contributed by atoms with E-state index in [9.17, 15) is 9.18 Å². The van der Waals surface area contributed by atoms with Crippen molar-refractivity contribution in [2.75, 3.05) is 7.11 Å². The summed E-state index contributed by atoms with van der Waals surface area (Å²) < 4.78 is 27.0. The molecule has 37 heavy (non-hydrogen) atoms. The molecule has 0 radical (unpaired) electrons. The van der Waals surface area contributed by atoms with Crippen LogP contribution in [0.3, 0.4) is 0 Å². The number of fused-ring (bicyclic) bond motifs is 1. The number of carbonyl (C=O) groups excluding carboxylic acids is 1. The number of rotatable bonds is 8. The van der Waals surface area contributed by atoms with Crippen molar-refractivity contribution >= 4 is 28.1 Å². The third-order valence-corrected chi connectivity index (χ3v) is 6.84. The van der Waals surface area contributed by atoms with Gasteiger partial charge in [0.05, 0.1) is 30.6 Å². The lowest BCUT2D eigenvalue weighted by atomic mass is 10.0. The second-order valence-corrected chi connectivity index (χ2v) is 9.84. The van der Waals surface area contributed by atoms with Gasteiger partial charge >= 0.3 is 0 Å². The van der Waals surface area contributed by atoms with Gasteiger partial charge in [0.2, 0.25) is 0 Å².